The summed E-state index contributed by atoms with van der Waals surface area (Å²) in [5.41, 5.74) is 6.63. The normalized spacial score (nSPS) is 6.25. The first-order chi connectivity index (χ1) is 1.91. The van der Waals surface area contributed by atoms with Gasteiger partial charge in [-0.25, -0.2) is 0 Å². The minimum Gasteiger partial charge on any atom is -0.327 e. The van der Waals surface area contributed by atoms with Crippen molar-refractivity contribution in [2.75, 3.05) is 6.54 Å². The average Bonchev–Trinajstić information content (AvgIpc) is 1.37. The highest BCUT2D eigenvalue weighted by atomic mass is 28.1. The highest BCUT2D eigenvalue weighted by Gasteiger charge is 1.43. The molecular weight excluding hydrogens is 66.1 g/mol. The summed E-state index contributed by atoms with van der Waals surface area (Å²) in [7, 11) is 3.04. The lowest BCUT2D eigenvalue weighted by molar-refractivity contribution is 1.36. The quantitative estimate of drug-likeness (QED) is 0.391. The van der Waals surface area contributed by atoms with Crippen molar-refractivity contribution in [2.45, 2.75) is 0 Å². The third-order valence-corrected chi connectivity index (χ3v) is 0.354. The Morgan fingerprint density at radius 3 is 2.25 bits per heavy atom. The van der Waals surface area contributed by atoms with E-state index < -0.39 is 0 Å². The molecule has 0 fully saturated rings. The van der Waals surface area contributed by atoms with Crippen LogP contribution in [0, 0.1) is 0 Å². The van der Waals surface area contributed by atoms with Crippen molar-refractivity contribution in [3.63, 3.8) is 0 Å². The van der Waals surface area contributed by atoms with E-state index in [2.05, 4.69) is 9.85 Å². The van der Waals surface area contributed by atoms with Crippen molar-refractivity contribution in [3.8, 4) is 0 Å². The van der Waals surface area contributed by atoms with Gasteiger partial charge < -0.3 is 5.73 Å². The molecule has 0 rings (SSSR count). The van der Waals surface area contributed by atoms with Gasteiger partial charge in [-0.15, -0.1) is 0 Å². The molecule has 0 aliphatic carbocycles. The second kappa shape index (κ2) is 3.05. The van der Waals surface area contributed by atoms with E-state index in [-0.39, 0.29) is 0 Å². The molecule has 0 saturated carbocycles. The zero-order chi connectivity index (χ0) is 3.41. The van der Waals surface area contributed by atoms with Gasteiger partial charge in [-0.05, 0) is 0 Å². The minimum absolute atomic E-state index is 0.608. The topological polar surface area (TPSA) is 26.0 Å². The predicted octanol–water partition coefficient (Wildman–Crippen LogP) is -1.08. The van der Waals surface area contributed by atoms with Crippen LogP contribution in [0.2, 0.25) is 0 Å². The Kier molecular flexibility index (Phi) is 3.08. The van der Waals surface area contributed by atoms with E-state index in [0.717, 1.165) is 0 Å². The zero-order valence-corrected chi connectivity index (χ0v) is 3.36. The summed E-state index contributed by atoms with van der Waals surface area (Å²) in [5.74, 6) is 0. The molecule has 0 heterocycles. The van der Waals surface area contributed by atoms with Gasteiger partial charge in [-0.3, -0.25) is 0 Å². The molecule has 0 aliphatic heterocycles. The summed E-state index contributed by atoms with van der Waals surface area (Å²) < 4.78 is 0. The van der Waals surface area contributed by atoms with Crippen LogP contribution in [0.3, 0.4) is 0 Å². The molecule has 2 heteroatoms. The lowest BCUT2D eigenvalue weighted by atomic mass is 10.8. The molecule has 0 atom stereocenters. The molecule has 0 aromatic rings. The van der Waals surface area contributed by atoms with E-state index >= 15 is 0 Å². The second-order valence-corrected chi connectivity index (χ2v) is 0.848. The van der Waals surface area contributed by atoms with Crippen LogP contribution in [0.5, 0.6) is 0 Å². The first-order valence-electron chi connectivity index (χ1n) is 1.11. The lowest BCUT2D eigenvalue weighted by Crippen LogP contribution is -1.97. The summed E-state index contributed by atoms with van der Waals surface area (Å²) in [6, 6.07) is 0. The molecular formula is C2H5NSi. The Morgan fingerprint density at radius 1 is 2.00 bits per heavy atom. The van der Waals surface area contributed by atoms with Gasteiger partial charge in [-0.2, -0.15) is 0 Å². The Morgan fingerprint density at radius 2 is 2.25 bits per heavy atom. The fourth-order valence-corrected chi connectivity index (χ4v) is 0. The van der Waals surface area contributed by atoms with Crippen LogP contribution in [-0.2, 0) is 0 Å². The molecule has 2 radical (unpaired) electrons. The third-order valence-electron chi connectivity index (χ3n) is 0.118. The molecule has 0 unspecified atom stereocenters. The molecule has 0 bridgehead atoms. The number of hydrogen-bond acceptors (Lipinski definition) is 1. The van der Waals surface area contributed by atoms with Gasteiger partial charge >= 0.3 is 0 Å². The molecule has 0 aromatic heterocycles. The number of nitrogens with two attached hydrogens (primary N) is 1. The summed E-state index contributed by atoms with van der Waals surface area (Å²) in [6.45, 7) is 0.608. The van der Waals surface area contributed by atoms with Gasteiger partial charge in [0.25, 0.3) is 0 Å². The fraction of sp³-hybridized carbons (Fsp3) is 0.500. The largest absolute Gasteiger partial charge is 0.327 e. The van der Waals surface area contributed by atoms with Crippen LogP contribution in [0.1, 0.15) is 0 Å². The minimum atomic E-state index is 0.608. The van der Waals surface area contributed by atoms with Gasteiger partial charge in [0.15, 0.2) is 0 Å². The van der Waals surface area contributed by atoms with E-state index in [4.69, 9.17) is 5.73 Å². The molecule has 4 heavy (non-hydrogen) atoms. The summed E-state index contributed by atoms with van der Waals surface area (Å²) in [4.78, 5) is 0. The molecule has 22 valence electrons. The van der Waals surface area contributed by atoms with Gasteiger partial charge in [0.05, 0.1) is 0 Å². The van der Waals surface area contributed by atoms with Gasteiger partial charge in [-0.1, -0.05) is 5.67 Å². The van der Waals surface area contributed by atoms with Crippen LogP contribution in [-0.4, -0.2) is 22.1 Å². The van der Waals surface area contributed by atoms with Crippen molar-refractivity contribution in [3.05, 3.63) is 0 Å². The Hall–Kier alpha value is 0.0469. The maximum atomic E-state index is 4.92. The van der Waals surface area contributed by atoms with Crippen LogP contribution in [0.15, 0.2) is 0 Å². The smallest absolute Gasteiger partial charge is 0.0261 e. The maximum absolute atomic E-state index is 4.92. The highest BCUT2D eigenvalue weighted by molar-refractivity contribution is 6.27. The van der Waals surface area contributed by atoms with Crippen molar-refractivity contribution < 1.29 is 0 Å². The van der Waals surface area contributed by atoms with Crippen molar-refractivity contribution in [1.29, 1.82) is 0 Å². The SMILES string of the molecule is NCC=[Si]. The van der Waals surface area contributed by atoms with Gasteiger partial charge in [0.2, 0.25) is 0 Å². The van der Waals surface area contributed by atoms with Gasteiger partial charge in [0.1, 0.15) is 0 Å². The molecule has 1 nitrogen and oxygen atoms in total. The van der Waals surface area contributed by atoms with E-state index in [1.165, 1.54) is 0 Å². The van der Waals surface area contributed by atoms with Crippen LogP contribution in [0.25, 0.3) is 0 Å². The molecule has 0 saturated heterocycles. The standard InChI is InChI=1S/C2H5NSi/c3-1-2-4/h2H,1,3H2. The summed E-state index contributed by atoms with van der Waals surface area (Å²) in [6.07, 6.45) is 0. The molecule has 0 aromatic carbocycles. The number of hydrogen-bond donors (Lipinski definition) is 1. The van der Waals surface area contributed by atoms with E-state index in [9.17, 15) is 0 Å². The predicted molar refractivity (Wildman–Crippen MR) is 20.9 cm³/mol. The summed E-state index contributed by atoms with van der Waals surface area (Å²) >= 11 is 0. The Balaban J connectivity index is 2.30. The molecule has 0 amide bonds. The fourth-order valence-electron chi connectivity index (χ4n) is 0. The second-order valence-electron chi connectivity index (χ2n) is 0.440. The summed E-state index contributed by atoms with van der Waals surface area (Å²) in [5, 5.41) is 0. The van der Waals surface area contributed by atoms with E-state index in [1.54, 1.807) is 5.67 Å². The lowest BCUT2D eigenvalue weighted by Gasteiger charge is -1.60. The van der Waals surface area contributed by atoms with Gasteiger partial charge in [0, 0.05) is 16.4 Å². The van der Waals surface area contributed by atoms with E-state index in [1.807, 2.05) is 0 Å². The first-order valence-corrected chi connectivity index (χ1v) is 1.68. The Bertz CT molecular complexity index is 20.0. The number of rotatable bonds is 1. The van der Waals surface area contributed by atoms with Crippen LogP contribution < -0.4 is 5.73 Å². The highest BCUT2D eigenvalue weighted by Crippen LogP contribution is 1.16. The molecule has 0 aliphatic rings. The molecule has 2 N–H and O–H groups in total. The Labute approximate surface area is 28.9 Å². The zero-order valence-electron chi connectivity index (χ0n) is 2.36. The molecule has 0 spiro atoms. The van der Waals surface area contributed by atoms with Crippen LogP contribution >= 0.6 is 0 Å². The third kappa shape index (κ3) is 2.05. The first kappa shape index (κ1) is 4.05. The van der Waals surface area contributed by atoms with Crippen molar-refractivity contribution in [2.24, 2.45) is 5.73 Å². The monoisotopic (exact) mass is 71.0 g/mol. The van der Waals surface area contributed by atoms with E-state index in [0.29, 0.717) is 6.54 Å². The average molecular weight is 71.2 g/mol. The van der Waals surface area contributed by atoms with Crippen molar-refractivity contribution in [1.82, 2.24) is 0 Å². The van der Waals surface area contributed by atoms with Crippen LogP contribution in [0.4, 0.5) is 0 Å². The van der Waals surface area contributed by atoms with Crippen molar-refractivity contribution >= 4 is 15.5 Å². The maximum Gasteiger partial charge on any atom is 0.0261 e.